The lowest BCUT2D eigenvalue weighted by molar-refractivity contribution is -0.139. The first-order chi connectivity index (χ1) is 22.8. The van der Waals surface area contributed by atoms with E-state index in [1.165, 1.54) is 24.3 Å². The number of carboxylic acids is 1. The molecule has 0 aliphatic carbocycles. The predicted octanol–water partition coefficient (Wildman–Crippen LogP) is 7.43. The molecule has 10 nitrogen and oxygen atoms in total. The number of halogens is 2. The molecule has 0 radical (unpaired) electrons. The zero-order chi connectivity index (χ0) is 34.6. The van der Waals surface area contributed by atoms with Crippen molar-refractivity contribution in [2.45, 2.75) is 45.8 Å². The maximum Gasteiger partial charge on any atom is 0.412 e. The van der Waals surface area contributed by atoms with Gasteiger partial charge in [0.25, 0.3) is 11.8 Å². The number of ether oxygens (including phenoxy) is 1. The third kappa shape index (κ3) is 8.27. The Morgan fingerprint density at radius 1 is 0.896 bits per heavy atom. The minimum atomic E-state index is -1.37. The Morgan fingerprint density at radius 2 is 1.60 bits per heavy atom. The van der Waals surface area contributed by atoms with Gasteiger partial charge in [-0.1, -0.05) is 35.5 Å². The maximum absolute atomic E-state index is 15.2. The highest BCUT2D eigenvalue weighted by Gasteiger charge is 2.23. The Bertz CT molecular complexity index is 1990. The molecule has 0 saturated heterocycles. The first kappa shape index (κ1) is 33.5. The Labute approximate surface area is 274 Å². The van der Waals surface area contributed by atoms with Gasteiger partial charge in [-0.2, -0.15) is 4.98 Å². The minimum Gasteiger partial charge on any atom is -0.480 e. The van der Waals surface area contributed by atoms with Crippen molar-refractivity contribution in [3.63, 3.8) is 0 Å². The van der Waals surface area contributed by atoms with Crippen LogP contribution in [-0.4, -0.2) is 44.9 Å². The summed E-state index contributed by atoms with van der Waals surface area (Å²) < 4.78 is 39.9. The van der Waals surface area contributed by atoms with Gasteiger partial charge in [0, 0.05) is 23.2 Å². The number of carbonyl (C=O) groups excluding carboxylic acids is 2. The number of hydrogen-bond acceptors (Lipinski definition) is 7. The predicted molar refractivity (Wildman–Crippen MR) is 174 cm³/mol. The summed E-state index contributed by atoms with van der Waals surface area (Å²) >= 11 is 0. The van der Waals surface area contributed by atoms with Gasteiger partial charge >= 0.3 is 12.1 Å². The first-order valence-corrected chi connectivity index (χ1v) is 14.9. The molecule has 0 saturated carbocycles. The van der Waals surface area contributed by atoms with Crippen LogP contribution in [0.1, 0.15) is 42.3 Å². The largest absolute Gasteiger partial charge is 0.480 e. The van der Waals surface area contributed by atoms with E-state index in [2.05, 4.69) is 20.8 Å². The highest BCUT2D eigenvalue weighted by molar-refractivity contribution is 5.97. The summed E-state index contributed by atoms with van der Waals surface area (Å²) in [5.41, 5.74) is 2.52. The van der Waals surface area contributed by atoms with Crippen LogP contribution in [0.5, 0.6) is 0 Å². The number of carbonyl (C=O) groups is 3. The second-order valence-corrected chi connectivity index (χ2v) is 12.1. The van der Waals surface area contributed by atoms with Gasteiger partial charge in [-0.3, -0.25) is 10.1 Å². The highest BCUT2D eigenvalue weighted by Crippen LogP contribution is 2.27. The van der Waals surface area contributed by atoms with Crippen LogP contribution in [0.2, 0.25) is 0 Å². The summed E-state index contributed by atoms with van der Waals surface area (Å²) in [4.78, 5) is 41.4. The van der Waals surface area contributed by atoms with Crippen molar-refractivity contribution in [1.29, 1.82) is 0 Å². The van der Waals surface area contributed by atoms with Crippen molar-refractivity contribution in [3.8, 4) is 34.0 Å². The van der Waals surface area contributed by atoms with Gasteiger partial charge in [0.1, 0.15) is 23.3 Å². The molecule has 3 N–H and O–H groups in total. The molecule has 48 heavy (non-hydrogen) atoms. The molecule has 0 spiro atoms. The Morgan fingerprint density at radius 3 is 2.27 bits per heavy atom. The molecule has 0 aliphatic heterocycles. The number of benzene rings is 4. The lowest BCUT2D eigenvalue weighted by Crippen LogP contribution is -2.42. The van der Waals surface area contributed by atoms with E-state index in [0.29, 0.717) is 33.5 Å². The molecule has 1 heterocycles. The zero-order valence-corrected chi connectivity index (χ0v) is 26.5. The van der Waals surface area contributed by atoms with Gasteiger partial charge in [-0.25, -0.2) is 18.4 Å². The quantitative estimate of drug-likeness (QED) is 0.149. The van der Waals surface area contributed by atoms with Crippen LogP contribution in [-0.2, 0) is 16.0 Å². The minimum absolute atomic E-state index is 0.0252. The fraction of sp³-hybridized carbons (Fsp3) is 0.194. The fourth-order valence-electron chi connectivity index (χ4n) is 4.72. The van der Waals surface area contributed by atoms with E-state index in [0.717, 1.165) is 6.07 Å². The lowest BCUT2D eigenvalue weighted by atomic mass is 10.0. The van der Waals surface area contributed by atoms with Crippen molar-refractivity contribution >= 4 is 23.7 Å². The van der Waals surface area contributed by atoms with Crippen LogP contribution in [0.4, 0.5) is 19.3 Å². The van der Waals surface area contributed by atoms with Crippen molar-refractivity contribution in [3.05, 3.63) is 113 Å². The van der Waals surface area contributed by atoms with E-state index >= 15 is 4.39 Å². The number of aliphatic carboxylic acids is 1. The van der Waals surface area contributed by atoms with E-state index in [-0.39, 0.29) is 35.1 Å². The van der Waals surface area contributed by atoms with E-state index in [4.69, 9.17) is 9.26 Å². The molecule has 1 atom stereocenters. The van der Waals surface area contributed by atoms with Crippen LogP contribution in [0, 0.1) is 18.6 Å². The molecule has 5 aromatic rings. The van der Waals surface area contributed by atoms with Crippen LogP contribution in [0.3, 0.4) is 0 Å². The standard InChI is InChI=1S/C36H32F2N4O6/c1-20-8-10-24(19-28(20)37)23-6-5-7-25(18-23)32(43)40-30(34(44)45)17-21-9-15-27(29(38)16-21)31-41-33(48-42-31)22-11-13-26(14-12-22)39-35(46)47-36(2,3)4/h5-16,18-19,30H,17H2,1-4H3,(H,39,46)(H,40,43)(H,44,45)/t30-/m1/s1. The summed E-state index contributed by atoms with van der Waals surface area (Å²) in [6, 6.07) is 20.4. The van der Waals surface area contributed by atoms with Crippen molar-refractivity contribution < 1.29 is 37.5 Å². The van der Waals surface area contributed by atoms with Crippen molar-refractivity contribution in [2.24, 2.45) is 0 Å². The molecule has 0 unspecified atom stereocenters. The molecule has 0 bridgehead atoms. The fourth-order valence-corrected chi connectivity index (χ4v) is 4.72. The smallest absolute Gasteiger partial charge is 0.412 e. The normalized spacial score (nSPS) is 11.9. The van der Waals surface area contributed by atoms with Gasteiger partial charge < -0.3 is 19.7 Å². The molecule has 5 rings (SSSR count). The third-order valence-electron chi connectivity index (χ3n) is 7.15. The molecule has 0 aliphatic rings. The molecule has 4 aromatic carbocycles. The Balaban J connectivity index is 1.25. The van der Waals surface area contributed by atoms with Crippen LogP contribution in [0.25, 0.3) is 34.0 Å². The second kappa shape index (κ2) is 13.8. The maximum atomic E-state index is 15.2. The number of amides is 2. The number of rotatable bonds is 9. The van der Waals surface area contributed by atoms with E-state index < -0.39 is 35.4 Å². The van der Waals surface area contributed by atoms with Gasteiger partial charge in [0.15, 0.2) is 0 Å². The first-order valence-electron chi connectivity index (χ1n) is 14.9. The molecule has 246 valence electrons. The molecule has 0 fully saturated rings. The zero-order valence-electron chi connectivity index (χ0n) is 26.5. The van der Waals surface area contributed by atoms with Crippen molar-refractivity contribution in [2.75, 3.05) is 5.32 Å². The van der Waals surface area contributed by atoms with Gasteiger partial charge in [-0.05, 0) is 105 Å². The highest BCUT2D eigenvalue weighted by atomic mass is 19.1. The number of aryl methyl sites for hydroxylation is 1. The summed E-state index contributed by atoms with van der Waals surface area (Å²) in [5, 5.41) is 18.8. The van der Waals surface area contributed by atoms with Crippen LogP contribution in [0.15, 0.2) is 89.5 Å². The summed E-state index contributed by atoms with van der Waals surface area (Å²) in [6.45, 7) is 6.92. The summed E-state index contributed by atoms with van der Waals surface area (Å²) in [7, 11) is 0. The number of nitrogens with one attached hydrogen (secondary N) is 2. The third-order valence-corrected chi connectivity index (χ3v) is 7.15. The monoisotopic (exact) mass is 654 g/mol. The number of anilines is 1. The lowest BCUT2D eigenvalue weighted by Gasteiger charge is -2.19. The SMILES string of the molecule is Cc1ccc(-c2cccc(C(=O)N[C@H](Cc3ccc(-c4noc(-c5ccc(NC(=O)OC(C)(C)C)cc5)n4)c(F)c3)C(=O)O)c2)cc1F. The molecular formula is C36H32F2N4O6. The van der Waals surface area contributed by atoms with Crippen LogP contribution < -0.4 is 10.6 Å². The second-order valence-electron chi connectivity index (χ2n) is 12.1. The van der Waals surface area contributed by atoms with E-state index in [9.17, 15) is 23.9 Å². The molecular weight excluding hydrogens is 622 g/mol. The average Bonchev–Trinajstić information content (AvgIpc) is 3.51. The van der Waals surface area contributed by atoms with E-state index in [1.807, 2.05) is 0 Å². The summed E-state index contributed by atoms with van der Waals surface area (Å²) in [6.07, 6.45) is -0.809. The number of carboxylic acid groups (broad SMARTS) is 1. The molecule has 1 aromatic heterocycles. The van der Waals surface area contributed by atoms with Crippen LogP contribution >= 0.6 is 0 Å². The average molecular weight is 655 g/mol. The van der Waals surface area contributed by atoms with E-state index in [1.54, 1.807) is 82.3 Å². The summed E-state index contributed by atoms with van der Waals surface area (Å²) in [5.74, 6) is -2.97. The molecule has 12 heteroatoms. The van der Waals surface area contributed by atoms with Gasteiger partial charge in [-0.15, -0.1) is 0 Å². The topological polar surface area (TPSA) is 144 Å². The Kier molecular flexibility index (Phi) is 9.64. The molecule has 2 amide bonds. The Hall–Kier alpha value is -5.91. The van der Waals surface area contributed by atoms with Crippen molar-refractivity contribution in [1.82, 2.24) is 15.5 Å². The van der Waals surface area contributed by atoms with Gasteiger partial charge in [0.2, 0.25) is 5.82 Å². The number of hydrogen-bond donors (Lipinski definition) is 3. The number of nitrogens with zero attached hydrogens (tertiary/aromatic N) is 2. The number of aromatic nitrogens is 2. The van der Waals surface area contributed by atoms with Gasteiger partial charge in [0.05, 0.1) is 5.56 Å².